The molecule has 3 heterocycles. The number of carbonyl (C=O) groups excluding carboxylic acids is 1. The van der Waals surface area contributed by atoms with Crippen LogP contribution in [0.15, 0.2) is 48.5 Å². The number of hydrogen-bond donors (Lipinski definition) is 2. The van der Waals surface area contributed by atoms with Crippen molar-refractivity contribution in [1.82, 2.24) is 20.1 Å². The lowest BCUT2D eigenvalue weighted by atomic mass is 10.0. The van der Waals surface area contributed by atoms with E-state index in [2.05, 4.69) is 15.2 Å². The van der Waals surface area contributed by atoms with Gasteiger partial charge in [-0.05, 0) is 24.3 Å². The van der Waals surface area contributed by atoms with Crippen LogP contribution in [0.4, 0.5) is 0 Å². The second kappa shape index (κ2) is 6.69. The molecule has 2 aromatic carbocycles. The van der Waals surface area contributed by atoms with E-state index in [1.807, 2.05) is 53.4 Å². The van der Waals surface area contributed by atoms with E-state index in [0.717, 1.165) is 39.8 Å². The van der Waals surface area contributed by atoms with Gasteiger partial charge in [0.1, 0.15) is 5.69 Å². The molecule has 2 aromatic heterocycles. The Balaban J connectivity index is 1.47. The fourth-order valence-electron chi connectivity index (χ4n) is 3.75. The second-order valence-corrected chi connectivity index (χ2v) is 7.75. The predicted octanol–water partition coefficient (Wildman–Crippen LogP) is 5.06. The summed E-state index contributed by atoms with van der Waals surface area (Å²) >= 11 is 12.4. The van der Waals surface area contributed by atoms with E-state index in [9.17, 15) is 4.79 Å². The Kier molecular flexibility index (Phi) is 4.14. The number of H-pyrrole nitrogens is 2. The molecule has 1 aliphatic rings. The van der Waals surface area contributed by atoms with Crippen LogP contribution in [-0.2, 0) is 13.0 Å². The van der Waals surface area contributed by atoms with Gasteiger partial charge in [-0.3, -0.25) is 9.89 Å². The van der Waals surface area contributed by atoms with Crippen molar-refractivity contribution in [3.8, 4) is 11.3 Å². The molecule has 0 saturated carbocycles. The fraction of sp³-hybridized carbons (Fsp3) is 0.143. The van der Waals surface area contributed by atoms with Crippen LogP contribution in [-0.4, -0.2) is 32.5 Å². The smallest absolute Gasteiger partial charge is 0.270 e. The summed E-state index contributed by atoms with van der Waals surface area (Å²) in [5.74, 6) is -0.0452. The van der Waals surface area contributed by atoms with Gasteiger partial charge in [-0.15, -0.1) is 0 Å². The lowest BCUT2D eigenvalue weighted by Crippen LogP contribution is -2.36. The van der Waals surface area contributed by atoms with Gasteiger partial charge in [-0.1, -0.05) is 47.5 Å². The quantitative estimate of drug-likeness (QED) is 0.484. The molecular formula is C21H16Cl2N4O. The first-order valence-electron chi connectivity index (χ1n) is 8.99. The molecule has 7 heteroatoms. The van der Waals surface area contributed by atoms with Gasteiger partial charge in [0.15, 0.2) is 0 Å². The molecule has 0 fully saturated rings. The number of benzene rings is 2. The number of nitrogens with zero attached hydrogens (tertiary/aromatic N) is 2. The van der Waals surface area contributed by atoms with Crippen molar-refractivity contribution in [3.05, 3.63) is 75.5 Å². The summed E-state index contributed by atoms with van der Waals surface area (Å²) < 4.78 is 0. The van der Waals surface area contributed by atoms with E-state index in [1.54, 1.807) is 0 Å². The average molecular weight is 411 g/mol. The minimum atomic E-state index is -0.0452. The molecule has 0 radical (unpaired) electrons. The van der Waals surface area contributed by atoms with Crippen LogP contribution in [0.5, 0.6) is 0 Å². The molecule has 0 atom stereocenters. The summed E-state index contributed by atoms with van der Waals surface area (Å²) in [6.07, 6.45) is 0.732. The van der Waals surface area contributed by atoms with Crippen molar-refractivity contribution in [2.75, 3.05) is 6.54 Å². The molecule has 0 aliphatic carbocycles. The molecule has 2 N–H and O–H groups in total. The molecule has 4 aromatic rings. The first kappa shape index (κ1) is 17.3. The lowest BCUT2D eigenvalue weighted by Gasteiger charge is -2.26. The summed E-state index contributed by atoms with van der Waals surface area (Å²) in [7, 11) is 0. The molecule has 28 heavy (non-hydrogen) atoms. The van der Waals surface area contributed by atoms with E-state index in [-0.39, 0.29) is 5.91 Å². The Morgan fingerprint density at radius 1 is 1.11 bits per heavy atom. The fourth-order valence-corrected chi connectivity index (χ4v) is 4.17. The van der Waals surface area contributed by atoms with E-state index < -0.39 is 0 Å². The Morgan fingerprint density at radius 3 is 2.79 bits per heavy atom. The summed E-state index contributed by atoms with van der Waals surface area (Å²) in [6.45, 7) is 1.13. The van der Waals surface area contributed by atoms with Crippen molar-refractivity contribution in [2.24, 2.45) is 0 Å². The molecule has 1 amide bonds. The Bertz CT molecular complexity index is 1210. The van der Waals surface area contributed by atoms with Gasteiger partial charge in [-0.2, -0.15) is 5.10 Å². The third-order valence-electron chi connectivity index (χ3n) is 5.15. The summed E-state index contributed by atoms with van der Waals surface area (Å²) in [5, 5.41) is 9.79. The van der Waals surface area contributed by atoms with Crippen molar-refractivity contribution in [3.63, 3.8) is 0 Å². The number of carbonyl (C=O) groups is 1. The van der Waals surface area contributed by atoms with Gasteiger partial charge in [-0.25, -0.2) is 0 Å². The van der Waals surface area contributed by atoms with Crippen LogP contribution in [0.3, 0.4) is 0 Å². The van der Waals surface area contributed by atoms with Gasteiger partial charge in [0.25, 0.3) is 5.91 Å². The zero-order valence-electron chi connectivity index (χ0n) is 14.8. The zero-order chi connectivity index (χ0) is 19.3. The van der Waals surface area contributed by atoms with E-state index >= 15 is 0 Å². The molecule has 1 aliphatic heterocycles. The number of para-hydroxylation sites is 1. The van der Waals surface area contributed by atoms with Crippen molar-refractivity contribution in [2.45, 2.75) is 13.0 Å². The third-order valence-corrected chi connectivity index (χ3v) is 5.70. The standard InChI is InChI=1S/C21H16Cl2N4O/c22-14-5-1-3-12(9-14)19-15-11-27(8-7-17(15)25-26-19)21(28)18-10-13-4-2-6-16(23)20(13)24-18/h1-6,9-10,24H,7-8,11H2,(H,25,26). The normalized spacial score (nSPS) is 13.7. The third kappa shape index (κ3) is 2.87. The van der Waals surface area contributed by atoms with Crippen LogP contribution < -0.4 is 0 Å². The minimum absolute atomic E-state index is 0.0452. The molecule has 5 nitrogen and oxygen atoms in total. The topological polar surface area (TPSA) is 64.8 Å². The number of aromatic amines is 2. The maximum absolute atomic E-state index is 13.1. The maximum atomic E-state index is 13.1. The first-order chi connectivity index (χ1) is 13.6. The average Bonchev–Trinajstić information content (AvgIpc) is 3.32. The minimum Gasteiger partial charge on any atom is -0.349 e. The SMILES string of the molecule is O=C(c1cc2cccc(Cl)c2[nH]1)N1CCc2[nH]nc(-c3cccc(Cl)c3)c2C1. The molecular weight excluding hydrogens is 395 g/mol. The van der Waals surface area contributed by atoms with Crippen LogP contribution >= 0.6 is 23.2 Å². The van der Waals surface area contributed by atoms with E-state index in [0.29, 0.717) is 28.8 Å². The number of aromatic nitrogens is 3. The number of halogens is 2. The molecule has 5 rings (SSSR count). The van der Waals surface area contributed by atoms with Gasteiger partial charge >= 0.3 is 0 Å². The molecule has 0 bridgehead atoms. The van der Waals surface area contributed by atoms with Crippen molar-refractivity contribution < 1.29 is 4.79 Å². The molecule has 0 spiro atoms. The van der Waals surface area contributed by atoms with Crippen LogP contribution in [0, 0.1) is 0 Å². The summed E-state index contributed by atoms with van der Waals surface area (Å²) in [5.41, 5.74) is 5.22. The number of fused-ring (bicyclic) bond motifs is 2. The monoisotopic (exact) mass is 410 g/mol. The molecule has 140 valence electrons. The number of hydrogen-bond acceptors (Lipinski definition) is 2. The zero-order valence-corrected chi connectivity index (χ0v) is 16.3. The highest BCUT2D eigenvalue weighted by atomic mass is 35.5. The predicted molar refractivity (Wildman–Crippen MR) is 111 cm³/mol. The Morgan fingerprint density at radius 2 is 1.96 bits per heavy atom. The lowest BCUT2D eigenvalue weighted by molar-refractivity contribution is 0.0729. The van der Waals surface area contributed by atoms with Crippen LogP contribution in [0.1, 0.15) is 21.7 Å². The highest BCUT2D eigenvalue weighted by molar-refractivity contribution is 6.35. The van der Waals surface area contributed by atoms with Gasteiger partial charge < -0.3 is 9.88 Å². The van der Waals surface area contributed by atoms with Gasteiger partial charge in [0.05, 0.1) is 22.8 Å². The number of rotatable bonds is 2. The van der Waals surface area contributed by atoms with Crippen molar-refractivity contribution in [1.29, 1.82) is 0 Å². The maximum Gasteiger partial charge on any atom is 0.270 e. The summed E-state index contributed by atoms with van der Waals surface area (Å²) in [4.78, 5) is 18.1. The first-order valence-corrected chi connectivity index (χ1v) is 9.74. The van der Waals surface area contributed by atoms with E-state index in [4.69, 9.17) is 23.2 Å². The van der Waals surface area contributed by atoms with Gasteiger partial charge in [0, 0.05) is 40.2 Å². The Hall–Kier alpha value is -2.76. The molecule has 0 unspecified atom stereocenters. The van der Waals surface area contributed by atoms with Crippen LogP contribution in [0.25, 0.3) is 22.2 Å². The van der Waals surface area contributed by atoms with E-state index in [1.165, 1.54) is 0 Å². The number of amides is 1. The van der Waals surface area contributed by atoms with Crippen molar-refractivity contribution >= 4 is 40.0 Å². The largest absolute Gasteiger partial charge is 0.349 e. The van der Waals surface area contributed by atoms with Crippen LogP contribution in [0.2, 0.25) is 10.0 Å². The highest BCUT2D eigenvalue weighted by Gasteiger charge is 2.27. The number of nitrogens with one attached hydrogen (secondary N) is 2. The second-order valence-electron chi connectivity index (χ2n) is 6.90. The molecule has 0 saturated heterocycles. The van der Waals surface area contributed by atoms with Gasteiger partial charge in [0.2, 0.25) is 0 Å². The summed E-state index contributed by atoms with van der Waals surface area (Å²) in [6, 6.07) is 15.1. The highest BCUT2D eigenvalue weighted by Crippen LogP contribution is 2.31. The Labute approximate surface area is 171 Å².